The summed E-state index contributed by atoms with van der Waals surface area (Å²) in [6, 6.07) is 10.2. The summed E-state index contributed by atoms with van der Waals surface area (Å²) in [6.45, 7) is 0. The van der Waals surface area contributed by atoms with Crippen LogP contribution in [0.3, 0.4) is 0 Å². The van der Waals surface area contributed by atoms with E-state index in [0.717, 1.165) is 10.6 Å². The molecule has 8 nitrogen and oxygen atoms in total. The van der Waals surface area contributed by atoms with Crippen molar-refractivity contribution in [3.8, 4) is 5.13 Å². The molecule has 0 radical (unpaired) electrons. The number of fused-ring (bicyclic) bond motifs is 1. The molecule has 0 atom stereocenters. The van der Waals surface area contributed by atoms with Crippen molar-refractivity contribution in [3.05, 3.63) is 70.3 Å². The lowest BCUT2D eigenvalue weighted by Gasteiger charge is -2.25. The Morgan fingerprint density at radius 1 is 1.10 bits per heavy atom. The van der Waals surface area contributed by atoms with Crippen LogP contribution in [0, 0.1) is 0 Å². The predicted octanol–water partition coefficient (Wildman–Crippen LogP) is 4.72. The van der Waals surface area contributed by atoms with E-state index >= 15 is 0 Å². The van der Waals surface area contributed by atoms with Crippen LogP contribution in [0.15, 0.2) is 65.1 Å². The molecule has 0 aliphatic heterocycles. The van der Waals surface area contributed by atoms with E-state index in [0.29, 0.717) is 9.69 Å². The maximum atomic E-state index is 13.3. The van der Waals surface area contributed by atoms with Crippen molar-refractivity contribution in [2.24, 2.45) is 0 Å². The number of nitrogens with zero attached hydrogens (tertiary/aromatic N) is 3. The van der Waals surface area contributed by atoms with Crippen LogP contribution in [0.5, 0.6) is 0 Å². The van der Waals surface area contributed by atoms with Gasteiger partial charge in [-0.1, -0.05) is 23.2 Å². The van der Waals surface area contributed by atoms with Crippen LogP contribution in [0.1, 0.15) is 0 Å². The summed E-state index contributed by atoms with van der Waals surface area (Å²) in [4.78, 5) is 23.1. The van der Waals surface area contributed by atoms with E-state index < -0.39 is 23.9 Å². The molecule has 13 heteroatoms. The van der Waals surface area contributed by atoms with E-state index in [2.05, 4.69) is 4.98 Å². The first-order valence-corrected chi connectivity index (χ1v) is 13.5. The van der Waals surface area contributed by atoms with Gasteiger partial charge in [0.1, 0.15) is 6.29 Å². The Morgan fingerprint density at radius 3 is 2.42 bits per heavy atom. The van der Waals surface area contributed by atoms with Gasteiger partial charge < -0.3 is 9.79 Å². The Balaban J connectivity index is 1.85. The summed E-state index contributed by atoms with van der Waals surface area (Å²) in [5, 5.41) is 3.40. The lowest BCUT2D eigenvalue weighted by molar-refractivity contribution is 0.373. The number of halogens is 2. The highest BCUT2D eigenvalue weighted by molar-refractivity contribution is 7.93. The zero-order valence-electron chi connectivity index (χ0n) is 15.5. The molecule has 162 valence electrons. The number of hydrogen-bond donors (Lipinski definition) is 2. The molecule has 2 N–H and O–H groups in total. The number of sulfonamides is 1. The second-order valence-electron chi connectivity index (χ2n) is 6.51. The second kappa shape index (κ2) is 8.22. The molecule has 0 saturated heterocycles. The van der Waals surface area contributed by atoms with Crippen molar-refractivity contribution in [1.29, 1.82) is 0 Å². The average Bonchev–Trinajstić information content (AvgIpc) is 3.33. The van der Waals surface area contributed by atoms with Crippen LogP contribution in [0.2, 0.25) is 10.0 Å². The molecule has 31 heavy (non-hydrogen) atoms. The zero-order chi connectivity index (χ0) is 22.4. The molecule has 4 aromatic rings. The summed E-state index contributed by atoms with van der Waals surface area (Å²) in [5.74, 6) is 0. The Bertz CT molecular complexity index is 1400. The van der Waals surface area contributed by atoms with E-state index in [-0.39, 0.29) is 20.6 Å². The first-order chi connectivity index (χ1) is 14.5. The Kier molecular flexibility index (Phi) is 5.91. The van der Waals surface area contributed by atoms with Gasteiger partial charge in [0.25, 0.3) is 10.0 Å². The average molecular weight is 518 g/mol. The van der Waals surface area contributed by atoms with E-state index in [4.69, 9.17) is 23.2 Å². The minimum absolute atomic E-state index is 0.0816. The topological polar surface area (TPSA) is 113 Å². The van der Waals surface area contributed by atoms with Gasteiger partial charge in [-0.05, 0) is 42.5 Å². The van der Waals surface area contributed by atoms with Gasteiger partial charge in [0, 0.05) is 33.2 Å². The molecule has 0 bridgehead atoms. The highest BCUT2D eigenvalue weighted by Crippen LogP contribution is 2.40. The van der Waals surface area contributed by atoms with Crippen LogP contribution >= 0.6 is 42.1 Å². The summed E-state index contributed by atoms with van der Waals surface area (Å²) in [7, 11) is -9.14. The van der Waals surface area contributed by atoms with Crippen LogP contribution in [-0.2, 0) is 14.6 Å². The second-order valence-corrected chi connectivity index (χ2v) is 11.7. The smallest absolute Gasteiger partial charge is 0.323 e. The highest BCUT2D eigenvalue weighted by atomic mass is 35.5. The molecule has 0 saturated carbocycles. The highest BCUT2D eigenvalue weighted by Gasteiger charge is 2.32. The van der Waals surface area contributed by atoms with Crippen molar-refractivity contribution >= 4 is 68.7 Å². The fraction of sp³-hybridized carbons (Fsp3) is 0.0556. The number of benzene rings is 2. The van der Waals surface area contributed by atoms with Crippen molar-refractivity contribution in [2.75, 3.05) is 10.6 Å². The fourth-order valence-electron chi connectivity index (χ4n) is 3.06. The largest absolute Gasteiger partial charge is 0.345 e. The first-order valence-electron chi connectivity index (χ1n) is 8.59. The Morgan fingerprint density at radius 2 is 1.81 bits per heavy atom. The Hall–Kier alpha value is -1.91. The number of thiazole rings is 1. The van der Waals surface area contributed by atoms with Crippen LogP contribution in [0.4, 0.5) is 5.69 Å². The molecule has 2 heterocycles. The molecule has 0 aliphatic carbocycles. The fourth-order valence-corrected chi connectivity index (χ4v) is 7.10. The summed E-state index contributed by atoms with van der Waals surface area (Å²) < 4.78 is 40.9. The van der Waals surface area contributed by atoms with Crippen molar-refractivity contribution in [3.63, 3.8) is 0 Å². The van der Waals surface area contributed by atoms with Gasteiger partial charge in [0.15, 0.2) is 5.13 Å². The zero-order valence-corrected chi connectivity index (χ0v) is 19.5. The molecule has 0 aliphatic rings. The molecule has 0 spiro atoms. The number of aromatic nitrogens is 2. The lowest BCUT2D eigenvalue weighted by atomic mass is 10.2. The van der Waals surface area contributed by atoms with Crippen LogP contribution < -0.4 is 4.31 Å². The third-order valence-corrected chi connectivity index (χ3v) is 8.13. The van der Waals surface area contributed by atoms with Gasteiger partial charge in [0.2, 0.25) is 0 Å². The standard InChI is InChI=1S/C18H14Cl2N3O5PS2/c19-13-8-14(20)10-16(9-13)31(27,28)23(11-29(24,25)26)15-1-2-17-12(7-15)3-5-22(17)18-21-4-6-30-18/h1-10H,11H2,(H2,24,25,26). The molecule has 2 aromatic heterocycles. The summed E-state index contributed by atoms with van der Waals surface area (Å²) >= 11 is 13.3. The first kappa shape index (κ1) is 22.3. The third-order valence-electron chi connectivity index (χ3n) is 4.32. The van der Waals surface area contributed by atoms with E-state index in [1.807, 2.05) is 9.95 Å². The molecule has 0 amide bonds. The summed E-state index contributed by atoms with van der Waals surface area (Å²) in [5.41, 5.74) is 0.849. The van der Waals surface area contributed by atoms with Crippen molar-refractivity contribution < 1.29 is 22.8 Å². The van der Waals surface area contributed by atoms with Gasteiger partial charge in [-0.15, -0.1) is 11.3 Å². The normalized spacial score (nSPS) is 12.4. The number of anilines is 1. The summed E-state index contributed by atoms with van der Waals surface area (Å²) in [6.07, 6.45) is 2.41. The van der Waals surface area contributed by atoms with Gasteiger partial charge in [-0.2, -0.15) is 0 Å². The predicted molar refractivity (Wildman–Crippen MR) is 122 cm³/mol. The van der Waals surface area contributed by atoms with Gasteiger partial charge >= 0.3 is 7.60 Å². The molecular formula is C18H14Cl2N3O5PS2. The van der Waals surface area contributed by atoms with E-state index in [9.17, 15) is 22.8 Å². The molecule has 0 fully saturated rings. The van der Waals surface area contributed by atoms with E-state index in [1.165, 1.54) is 35.6 Å². The monoisotopic (exact) mass is 517 g/mol. The SMILES string of the molecule is O=P(O)(O)CN(c1ccc2c(ccn2-c2nccs2)c1)S(=O)(=O)c1cc(Cl)cc(Cl)c1. The van der Waals surface area contributed by atoms with Crippen molar-refractivity contribution in [1.82, 2.24) is 9.55 Å². The maximum absolute atomic E-state index is 13.3. The number of rotatable bonds is 6. The van der Waals surface area contributed by atoms with E-state index in [1.54, 1.807) is 30.6 Å². The van der Waals surface area contributed by atoms with Gasteiger partial charge in [0.05, 0.1) is 16.1 Å². The lowest BCUT2D eigenvalue weighted by Crippen LogP contribution is -2.32. The van der Waals surface area contributed by atoms with Crippen LogP contribution in [-0.4, -0.2) is 34.0 Å². The minimum atomic E-state index is -4.76. The van der Waals surface area contributed by atoms with Gasteiger partial charge in [-0.3, -0.25) is 13.4 Å². The van der Waals surface area contributed by atoms with Gasteiger partial charge in [-0.25, -0.2) is 13.4 Å². The molecular weight excluding hydrogens is 504 g/mol. The molecule has 4 rings (SSSR count). The van der Waals surface area contributed by atoms with Crippen molar-refractivity contribution in [2.45, 2.75) is 4.90 Å². The molecule has 0 unspecified atom stereocenters. The minimum Gasteiger partial charge on any atom is -0.323 e. The van der Waals surface area contributed by atoms with Crippen LogP contribution in [0.25, 0.3) is 16.0 Å². The Labute approximate surface area is 191 Å². The third kappa shape index (κ3) is 4.65. The maximum Gasteiger partial charge on any atom is 0.345 e. The number of hydrogen-bond acceptors (Lipinski definition) is 5. The molecule has 2 aromatic carbocycles. The quantitative estimate of drug-likeness (QED) is 0.357.